The summed E-state index contributed by atoms with van der Waals surface area (Å²) < 4.78 is 11.3. The SMILES string of the molecule is CC(C)(C)c1cc(N2CCCN(c3ccc(OCc4ccccc4)cc3)C2=O)no1. The van der Waals surface area contributed by atoms with Gasteiger partial charge in [0.25, 0.3) is 0 Å². The molecule has 0 unspecified atom stereocenters. The molecule has 0 radical (unpaired) electrons. The highest BCUT2D eigenvalue weighted by atomic mass is 16.5. The van der Waals surface area contributed by atoms with Crippen molar-refractivity contribution < 1.29 is 14.1 Å². The third-order valence-electron chi connectivity index (χ3n) is 5.14. The van der Waals surface area contributed by atoms with Crippen LogP contribution in [0.2, 0.25) is 0 Å². The smallest absolute Gasteiger partial charge is 0.330 e. The van der Waals surface area contributed by atoms with Gasteiger partial charge >= 0.3 is 6.03 Å². The van der Waals surface area contributed by atoms with E-state index in [0.717, 1.165) is 29.2 Å². The highest BCUT2D eigenvalue weighted by Crippen LogP contribution is 2.29. The van der Waals surface area contributed by atoms with Crippen LogP contribution in [0.15, 0.2) is 65.2 Å². The van der Waals surface area contributed by atoms with E-state index in [1.54, 1.807) is 9.80 Å². The van der Waals surface area contributed by atoms with Crippen LogP contribution >= 0.6 is 0 Å². The van der Waals surface area contributed by atoms with Crippen LogP contribution in [-0.2, 0) is 12.0 Å². The molecular weight excluding hydrogens is 378 g/mol. The summed E-state index contributed by atoms with van der Waals surface area (Å²) in [4.78, 5) is 16.6. The summed E-state index contributed by atoms with van der Waals surface area (Å²) in [5.41, 5.74) is 1.81. The maximum absolute atomic E-state index is 13.1. The van der Waals surface area contributed by atoms with E-state index in [4.69, 9.17) is 9.26 Å². The summed E-state index contributed by atoms with van der Waals surface area (Å²) in [6.45, 7) is 7.99. The largest absolute Gasteiger partial charge is 0.489 e. The van der Waals surface area contributed by atoms with E-state index in [1.165, 1.54) is 0 Å². The first-order chi connectivity index (χ1) is 14.4. The predicted octanol–water partition coefficient (Wildman–Crippen LogP) is 5.39. The first-order valence-corrected chi connectivity index (χ1v) is 10.2. The molecule has 0 aliphatic carbocycles. The zero-order valence-corrected chi connectivity index (χ0v) is 17.7. The van der Waals surface area contributed by atoms with Gasteiger partial charge in [0.1, 0.15) is 18.1 Å². The van der Waals surface area contributed by atoms with Crippen molar-refractivity contribution in [2.45, 2.75) is 39.2 Å². The average Bonchev–Trinajstić information content (AvgIpc) is 3.24. The van der Waals surface area contributed by atoms with Crippen molar-refractivity contribution >= 4 is 17.5 Å². The molecule has 6 nitrogen and oxygen atoms in total. The van der Waals surface area contributed by atoms with E-state index < -0.39 is 0 Å². The van der Waals surface area contributed by atoms with Crippen LogP contribution in [-0.4, -0.2) is 24.3 Å². The van der Waals surface area contributed by atoms with E-state index in [0.29, 0.717) is 25.5 Å². The van der Waals surface area contributed by atoms with E-state index in [2.05, 4.69) is 25.9 Å². The molecule has 3 aromatic rings. The molecule has 1 saturated heterocycles. The number of benzene rings is 2. The first kappa shape index (κ1) is 20.0. The van der Waals surface area contributed by atoms with Crippen molar-refractivity contribution in [2.75, 3.05) is 22.9 Å². The van der Waals surface area contributed by atoms with Crippen molar-refractivity contribution in [1.82, 2.24) is 5.16 Å². The summed E-state index contributed by atoms with van der Waals surface area (Å²) in [6.07, 6.45) is 0.857. The number of aromatic nitrogens is 1. The third kappa shape index (κ3) is 4.32. The number of rotatable bonds is 5. The Labute approximate surface area is 177 Å². The molecule has 1 aliphatic rings. The monoisotopic (exact) mass is 405 g/mol. The lowest BCUT2D eigenvalue weighted by Gasteiger charge is -2.34. The van der Waals surface area contributed by atoms with Gasteiger partial charge in [-0.2, -0.15) is 0 Å². The van der Waals surface area contributed by atoms with Crippen LogP contribution in [0, 0.1) is 0 Å². The topological polar surface area (TPSA) is 58.8 Å². The van der Waals surface area contributed by atoms with Gasteiger partial charge in [0, 0.05) is 30.3 Å². The quantitative estimate of drug-likeness (QED) is 0.571. The maximum atomic E-state index is 13.1. The minimum absolute atomic E-state index is 0.0898. The van der Waals surface area contributed by atoms with Crippen molar-refractivity contribution in [3.8, 4) is 5.75 Å². The van der Waals surface area contributed by atoms with Crippen molar-refractivity contribution in [2.24, 2.45) is 0 Å². The van der Waals surface area contributed by atoms with Crippen LogP contribution in [0.5, 0.6) is 5.75 Å². The minimum Gasteiger partial charge on any atom is -0.489 e. The van der Waals surface area contributed by atoms with Crippen LogP contribution in [0.25, 0.3) is 0 Å². The third-order valence-corrected chi connectivity index (χ3v) is 5.14. The van der Waals surface area contributed by atoms with E-state index in [9.17, 15) is 4.79 Å². The number of urea groups is 1. The van der Waals surface area contributed by atoms with Crippen LogP contribution < -0.4 is 14.5 Å². The normalized spacial score (nSPS) is 14.8. The van der Waals surface area contributed by atoms with Gasteiger partial charge < -0.3 is 9.26 Å². The standard InChI is InChI=1S/C24H27N3O3/c1-24(2,3)21-16-22(25-30-21)27-15-7-14-26(23(27)28)19-10-12-20(13-11-19)29-17-18-8-5-4-6-9-18/h4-6,8-13,16H,7,14-15,17H2,1-3H3. The fourth-order valence-electron chi connectivity index (χ4n) is 3.39. The second-order valence-corrected chi connectivity index (χ2v) is 8.51. The Morgan fingerprint density at radius 2 is 1.70 bits per heavy atom. The lowest BCUT2D eigenvalue weighted by atomic mass is 9.93. The number of anilines is 2. The van der Waals surface area contributed by atoms with Crippen LogP contribution in [0.3, 0.4) is 0 Å². The molecule has 0 bridgehead atoms. The fraction of sp³-hybridized carbons (Fsp3) is 0.333. The molecule has 1 aromatic heterocycles. The molecule has 2 heterocycles. The maximum Gasteiger partial charge on any atom is 0.330 e. The molecule has 2 aromatic carbocycles. The highest BCUT2D eigenvalue weighted by molar-refractivity contribution is 6.03. The summed E-state index contributed by atoms with van der Waals surface area (Å²) >= 11 is 0. The molecule has 156 valence electrons. The summed E-state index contributed by atoms with van der Waals surface area (Å²) in [5.74, 6) is 2.11. The summed E-state index contributed by atoms with van der Waals surface area (Å²) in [7, 11) is 0. The second kappa shape index (κ2) is 8.22. The molecule has 2 amide bonds. The summed E-state index contributed by atoms with van der Waals surface area (Å²) in [6, 6.07) is 19.5. The fourth-order valence-corrected chi connectivity index (χ4v) is 3.39. The van der Waals surface area contributed by atoms with Crippen LogP contribution in [0.1, 0.15) is 38.5 Å². The van der Waals surface area contributed by atoms with Gasteiger partial charge in [0.2, 0.25) is 0 Å². The van der Waals surface area contributed by atoms with E-state index >= 15 is 0 Å². The van der Waals surface area contributed by atoms with Gasteiger partial charge in [-0.25, -0.2) is 4.79 Å². The average molecular weight is 405 g/mol. The van der Waals surface area contributed by atoms with E-state index in [-0.39, 0.29) is 11.4 Å². The lowest BCUT2D eigenvalue weighted by Crippen LogP contribution is -2.49. The molecular formula is C24H27N3O3. The molecule has 0 spiro atoms. The van der Waals surface area contributed by atoms with Crippen molar-refractivity contribution in [3.05, 3.63) is 72.0 Å². The Balaban J connectivity index is 1.44. The Kier molecular flexibility index (Phi) is 5.48. The zero-order chi connectivity index (χ0) is 21.1. The van der Waals surface area contributed by atoms with Crippen LogP contribution in [0.4, 0.5) is 16.3 Å². The Hall–Kier alpha value is -3.28. The molecule has 1 fully saturated rings. The van der Waals surface area contributed by atoms with Gasteiger partial charge in [0.15, 0.2) is 5.82 Å². The second-order valence-electron chi connectivity index (χ2n) is 8.51. The number of carbonyl (C=O) groups excluding carboxylic acids is 1. The zero-order valence-electron chi connectivity index (χ0n) is 17.7. The number of hydrogen-bond acceptors (Lipinski definition) is 4. The molecule has 1 aliphatic heterocycles. The number of carbonyl (C=O) groups is 1. The van der Waals surface area contributed by atoms with Gasteiger partial charge in [-0.15, -0.1) is 0 Å². The van der Waals surface area contributed by atoms with Gasteiger partial charge in [-0.3, -0.25) is 9.80 Å². The van der Waals surface area contributed by atoms with Gasteiger partial charge in [-0.1, -0.05) is 56.3 Å². The summed E-state index contributed by atoms with van der Waals surface area (Å²) in [5, 5.41) is 4.14. The van der Waals surface area contributed by atoms with Crippen molar-refractivity contribution in [1.29, 1.82) is 0 Å². The molecule has 0 saturated carbocycles. The molecule has 4 rings (SSSR count). The Bertz CT molecular complexity index is 991. The number of hydrogen-bond donors (Lipinski definition) is 0. The van der Waals surface area contributed by atoms with Gasteiger partial charge in [0.05, 0.1) is 0 Å². The number of amides is 2. The molecule has 30 heavy (non-hydrogen) atoms. The Morgan fingerprint density at radius 3 is 2.37 bits per heavy atom. The number of nitrogens with zero attached hydrogens (tertiary/aromatic N) is 3. The molecule has 0 atom stereocenters. The molecule has 0 N–H and O–H groups in total. The number of ether oxygens (including phenoxy) is 1. The minimum atomic E-state index is -0.153. The lowest BCUT2D eigenvalue weighted by molar-refractivity contribution is 0.248. The Morgan fingerprint density at radius 1 is 1.00 bits per heavy atom. The highest BCUT2D eigenvalue weighted by Gasteiger charge is 2.31. The predicted molar refractivity (Wildman–Crippen MR) is 117 cm³/mol. The molecule has 6 heteroatoms. The van der Waals surface area contributed by atoms with E-state index in [1.807, 2.05) is 60.7 Å². The van der Waals surface area contributed by atoms with Gasteiger partial charge in [-0.05, 0) is 36.2 Å². The first-order valence-electron chi connectivity index (χ1n) is 10.2. The van der Waals surface area contributed by atoms with Crippen molar-refractivity contribution in [3.63, 3.8) is 0 Å².